The first-order valence-electron chi connectivity index (χ1n) is 6.93. The van der Waals surface area contributed by atoms with Gasteiger partial charge in [0.05, 0.1) is 7.11 Å². The van der Waals surface area contributed by atoms with E-state index in [2.05, 4.69) is 5.32 Å². The average molecular weight is 335 g/mol. The zero-order valence-electron chi connectivity index (χ0n) is 12.9. The highest BCUT2D eigenvalue weighted by molar-refractivity contribution is 7.89. The summed E-state index contributed by atoms with van der Waals surface area (Å²) in [5.41, 5.74) is 0.721. The molecule has 5 nitrogen and oxygen atoms in total. The van der Waals surface area contributed by atoms with Gasteiger partial charge in [-0.1, -0.05) is 25.4 Å². The van der Waals surface area contributed by atoms with Gasteiger partial charge in [0.25, 0.3) is 0 Å². The Hall–Kier alpha value is -0.820. The van der Waals surface area contributed by atoms with Crippen LogP contribution in [0.2, 0.25) is 5.02 Å². The van der Waals surface area contributed by atoms with Gasteiger partial charge in [0.15, 0.2) is 0 Å². The van der Waals surface area contributed by atoms with Crippen LogP contribution in [0.25, 0.3) is 0 Å². The number of nitrogens with one attached hydrogen (secondary N) is 1. The van der Waals surface area contributed by atoms with Crippen LogP contribution in [0, 0.1) is 0 Å². The Labute approximate surface area is 132 Å². The van der Waals surface area contributed by atoms with Crippen molar-refractivity contribution >= 4 is 21.6 Å². The highest BCUT2D eigenvalue weighted by Crippen LogP contribution is 2.33. The Morgan fingerprint density at radius 1 is 1.33 bits per heavy atom. The minimum atomic E-state index is -3.62. The van der Waals surface area contributed by atoms with Crippen LogP contribution >= 0.6 is 11.6 Å². The highest BCUT2D eigenvalue weighted by Gasteiger charge is 2.28. The largest absolute Gasteiger partial charge is 0.495 e. The van der Waals surface area contributed by atoms with Gasteiger partial charge in [-0.15, -0.1) is 0 Å². The molecule has 1 N–H and O–H groups in total. The molecular formula is C14H23ClN2O3S. The standard InChI is InChI=1S/C14H23ClN2O3S/c1-5-7-17(6-2)21(18,19)13-9-12(15)8-11(10-16-3)14(13)20-4/h8-9,16H,5-7,10H2,1-4H3. The molecule has 0 heterocycles. The number of sulfonamides is 1. The van der Waals surface area contributed by atoms with Gasteiger partial charge in [0, 0.05) is 30.2 Å². The summed E-state index contributed by atoms with van der Waals surface area (Å²) in [5.74, 6) is 0.350. The molecule has 0 atom stereocenters. The van der Waals surface area contributed by atoms with Crippen molar-refractivity contribution in [1.82, 2.24) is 9.62 Å². The molecule has 0 spiro atoms. The number of hydrogen-bond acceptors (Lipinski definition) is 4. The predicted octanol–water partition coefficient (Wildman–Crippen LogP) is 2.49. The lowest BCUT2D eigenvalue weighted by Gasteiger charge is -2.22. The minimum absolute atomic E-state index is 0.123. The Balaban J connectivity index is 3.46. The summed E-state index contributed by atoms with van der Waals surface area (Å²) in [5, 5.41) is 3.37. The van der Waals surface area contributed by atoms with E-state index < -0.39 is 10.0 Å². The third kappa shape index (κ3) is 4.10. The SMILES string of the molecule is CCCN(CC)S(=O)(=O)c1cc(Cl)cc(CNC)c1OC. The second-order valence-electron chi connectivity index (χ2n) is 4.62. The van der Waals surface area contributed by atoms with Crippen molar-refractivity contribution in [2.24, 2.45) is 0 Å². The van der Waals surface area contributed by atoms with Crippen LogP contribution in [0.3, 0.4) is 0 Å². The molecule has 0 saturated carbocycles. The fraction of sp³-hybridized carbons (Fsp3) is 0.571. The summed E-state index contributed by atoms with van der Waals surface area (Å²) >= 11 is 6.08. The summed E-state index contributed by atoms with van der Waals surface area (Å²) in [7, 11) is -0.372. The van der Waals surface area contributed by atoms with E-state index in [1.807, 2.05) is 13.8 Å². The molecule has 21 heavy (non-hydrogen) atoms. The molecule has 0 aliphatic heterocycles. The Bertz CT molecular complexity index is 576. The summed E-state index contributed by atoms with van der Waals surface area (Å²) in [6.07, 6.45) is 0.749. The Morgan fingerprint density at radius 2 is 2.00 bits per heavy atom. The van der Waals surface area contributed by atoms with Gasteiger partial charge >= 0.3 is 0 Å². The van der Waals surface area contributed by atoms with Crippen LogP contribution in [0.1, 0.15) is 25.8 Å². The lowest BCUT2D eigenvalue weighted by molar-refractivity contribution is 0.387. The number of nitrogens with zero attached hydrogens (tertiary/aromatic N) is 1. The molecule has 0 amide bonds. The van der Waals surface area contributed by atoms with Gasteiger partial charge in [-0.3, -0.25) is 0 Å². The van der Waals surface area contributed by atoms with Crippen molar-refractivity contribution in [3.63, 3.8) is 0 Å². The molecule has 0 radical (unpaired) electrons. The van der Waals surface area contributed by atoms with Crippen molar-refractivity contribution in [3.05, 3.63) is 22.7 Å². The van der Waals surface area contributed by atoms with Gasteiger partial charge < -0.3 is 10.1 Å². The zero-order chi connectivity index (χ0) is 16.0. The third-order valence-corrected chi connectivity index (χ3v) is 5.31. The maximum Gasteiger partial charge on any atom is 0.246 e. The molecule has 0 aromatic heterocycles. The fourth-order valence-corrected chi connectivity index (χ4v) is 4.28. The van der Waals surface area contributed by atoms with E-state index in [-0.39, 0.29) is 4.90 Å². The van der Waals surface area contributed by atoms with Crippen LogP contribution in [-0.4, -0.2) is 40.0 Å². The quantitative estimate of drug-likeness (QED) is 0.793. The zero-order valence-corrected chi connectivity index (χ0v) is 14.5. The second-order valence-corrected chi connectivity index (χ2v) is 6.97. The van der Waals surface area contributed by atoms with E-state index in [0.717, 1.165) is 12.0 Å². The fourth-order valence-electron chi connectivity index (χ4n) is 2.20. The van der Waals surface area contributed by atoms with Crippen LogP contribution < -0.4 is 10.1 Å². The van der Waals surface area contributed by atoms with Crippen LogP contribution in [0.4, 0.5) is 0 Å². The summed E-state index contributed by atoms with van der Waals surface area (Å²) in [6, 6.07) is 3.17. The summed E-state index contributed by atoms with van der Waals surface area (Å²) in [4.78, 5) is 0.123. The molecule has 1 rings (SSSR count). The molecular weight excluding hydrogens is 312 g/mol. The van der Waals surface area contributed by atoms with Crippen LogP contribution in [0.15, 0.2) is 17.0 Å². The van der Waals surface area contributed by atoms with E-state index in [4.69, 9.17) is 16.3 Å². The molecule has 0 saturated heterocycles. The molecule has 1 aromatic carbocycles. The van der Waals surface area contributed by atoms with Crippen LogP contribution in [0.5, 0.6) is 5.75 Å². The monoisotopic (exact) mass is 334 g/mol. The second kappa shape index (κ2) is 7.98. The number of methoxy groups -OCH3 is 1. The topological polar surface area (TPSA) is 58.6 Å². The lowest BCUT2D eigenvalue weighted by Crippen LogP contribution is -2.32. The number of rotatable bonds is 8. The minimum Gasteiger partial charge on any atom is -0.495 e. The third-order valence-electron chi connectivity index (χ3n) is 3.11. The van der Waals surface area contributed by atoms with Gasteiger partial charge in [-0.05, 0) is 25.6 Å². The van der Waals surface area contributed by atoms with Gasteiger partial charge in [-0.2, -0.15) is 4.31 Å². The van der Waals surface area contributed by atoms with Crippen molar-refractivity contribution in [2.45, 2.75) is 31.7 Å². The smallest absolute Gasteiger partial charge is 0.246 e. The molecule has 0 aliphatic rings. The maximum absolute atomic E-state index is 12.8. The van der Waals surface area contributed by atoms with Gasteiger partial charge in [0.1, 0.15) is 10.6 Å². The van der Waals surface area contributed by atoms with Crippen molar-refractivity contribution < 1.29 is 13.2 Å². The molecule has 120 valence electrons. The highest BCUT2D eigenvalue weighted by atomic mass is 35.5. The van der Waals surface area contributed by atoms with E-state index in [9.17, 15) is 8.42 Å². The first-order chi connectivity index (χ1) is 9.92. The first-order valence-corrected chi connectivity index (χ1v) is 8.75. The molecule has 0 aliphatic carbocycles. The number of hydrogen-bond donors (Lipinski definition) is 1. The van der Waals surface area contributed by atoms with E-state index >= 15 is 0 Å². The molecule has 0 fully saturated rings. The Kier molecular flexibility index (Phi) is 6.93. The molecule has 0 bridgehead atoms. The van der Waals surface area contributed by atoms with Crippen molar-refractivity contribution in [2.75, 3.05) is 27.2 Å². The summed E-state index contributed by atoms with van der Waals surface area (Å²) < 4.78 is 32.4. The maximum atomic E-state index is 12.8. The van der Waals surface area contributed by atoms with E-state index in [1.54, 1.807) is 13.1 Å². The molecule has 7 heteroatoms. The first kappa shape index (κ1) is 18.2. The average Bonchev–Trinajstić information content (AvgIpc) is 2.44. The normalized spacial score (nSPS) is 11.9. The molecule has 1 aromatic rings. The van der Waals surface area contributed by atoms with Gasteiger partial charge in [-0.25, -0.2) is 8.42 Å². The number of ether oxygens (including phenoxy) is 1. The van der Waals surface area contributed by atoms with E-state index in [0.29, 0.717) is 30.4 Å². The van der Waals surface area contributed by atoms with Crippen molar-refractivity contribution in [3.8, 4) is 5.75 Å². The van der Waals surface area contributed by atoms with Crippen molar-refractivity contribution in [1.29, 1.82) is 0 Å². The van der Waals surface area contributed by atoms with E-state index in [1.165, 1.54) is 17.5 Å². The molecule has 0 unspecified atom stereocenters. The predicted molar refractivity (Wildman–Crippen MR) is 85.5 cm³/mol. The van der Waals surface area contributed by atoms with Gasteiger partial charge in [0.2, 0.25) is 10.0 Å². The Morgan fingerprint density at radius 3 is 2.48 bits per heavy atom. The number of halogens is 1. The summed E-state index contributed by atoms with van der Waals surface area (Å²) in [6.45, 7) is 5.12. The lowest BCUT2D eigenvalue weighted by atomic mass is 10.2. The van der Waals surface area contributed by atoms with Crippen LogP contribution in [-0.2, 0) is 16.6 Å². The number of benzene rings is 1.